The van der Waals surface area contributed by atoms with Gasteiger partial charge in [-0.1, -0.05) is 37.3 Å². The molecule has 0 fully saturated rings. The van der Waals surface area contributed by atoms with E-state index in [4.69, 9.17) is 0 Å². The van der Waals surface area contributed by atoms with Gasteiger partial charge in [0.15, 0.2) is 0 Å². The number of rotatable bonds is 3. The zero-order valence-electron chi connectivity index (χ0n) is 8.36. The molecular weight excluding hydrogens is 188 g/mol. The van der Waals surface area contributed by atoms with E-state index in [1.807, 2.05) is 11.3 Å². The van der Waals surface area contributed by atoms with Crippen LogP contribution < -0.4 is 0 Å². The summed E-state index contributed by atoms with van der Waals surface area (Å²) in [6.07, 6.45) is 2.23. The van der Waals surface area contributed by atoms with Gasteiger partial charge in [-0.05, 0) is 24.1 Å². The third-order valence-corrected chi connectivity index (χ3v) is 3.52. The van der Waals surface area contributed by atoms with Gasteiger partial charge in [-0.3, -0.25) is 0 Å². The van der Waals surface area contributed by atoms with E-state index in [9.17, 15) is 0 Å². The molecule has 1 aromatic carbocycles. The third kappa shape index (κ3) is 2.24. The molecule has 0 unspecified atom stereocenters. The maximum Gasteiger partial charge on any atom is 0.00919 e. The molecule has 0 saturated heterocycles. The number of benzene rings is 1. The van der Waals surface area contributed by atoms with Gasteiger partial charge in [0.25, 0.3) is 0 Å². The van der Waals surface area contributed by atoms with Crippen molar-refractivity contribution in [2.45, 2.75) is 19.8 Å². The van der Waals surface area contributed by atoms with E-state index in [1.54, 1.807) is 0 Å². The lowest BCUT2D eigenvalue weighted by Gasteiger charge is -1.96. The molecule has 0 bridgehead atoms. The zero-order valence-corrected chi connectivity index (χ0v) is 9.18. The van der Waals surface area contributed by atoms with Gasteiger partial charge < -0.3 is 0 Å². The maximum absolute atomic E-state index is 2.25. The monoisotopic (exact) mass is 202 g/mol. The topological polar surface area (TPSA) is 0 Å². The molecule has 14 heavy (non-hydrogen) atoms. The molecule has 1 aromatic heterocycles. The number of thiophene rings is 1. The normalized spacial score (nSPS) is 10.4. The van der Waals surface area contributed by atoms with Crippen LogP contribution in [0.15, 0.2) is 42.5 Å². The van der Waals surface area contributed by atoms with Crippen LogP contribution >= 0.6 is 11.3 Å². The molecule has 0 nitrogen and oxygen atoms in total. The second-order valence-corrected chi connectivity index (χ2v) is 4.64. The Balaban J connectivity index is 2.11. The lowest BCUT2D eigenvalue weighted by atomic mass is 10.1. The van der Waals surface area contributed by atoms with Crippen molar-refractivity contribution < 1.29 is 0 Å². The predicted molar refractivity (Wildman–Crippen MR) is 62.9 cm³/mol. The first-order valence-electron chi connectivity index (χ1n) is 5.00. The van der Waals surface area contributed by atoms with Crippen molar-refractivity contribution in [1.82, 2.24) is 0 Å². The Morgan fingerprint density at radius 3 is 2.29 bits per heavy atom. The summed E-state index contributed by atoms with van der Waals surface area (Å²) in [6.45, 7) is 2.21. The largest absolute Gasteiger partial charge is 0.145 e. The molecule has 0 spiro atoms. The molecule has 1 heterocycles. The van der Waals surface area contributed by atoms with Crippen molar-refractivity contribution in [2.75, 3.05) is 0 Å². The van der Waals surface area contributed by atoms with E-state index in [1.165, 1.54) is 15.3 Å². The summed E-state index contributed by atoms with van der Waals surface area (Å²) in [4.78, 5) is 2.95. The van der Waals surface area contributed by atoms with Gasteiger partial charge in [-0.2, -0.15) is 0 Å². The number of hydrogen-bond donors (Lipinski definition) is 0. The van der Waals surface area contributed by atoms with Gasteiger partial charge >= 0.3 is 0 Å². The van der Waals surface area contributed by atoms with Gasteiger partial charge in [-0.15, -0.1) is 11.3 Å². The second-order valence-electron chi connectivity index (χ2n) is 3.38. The van der Waals surface area contributed by atoms with Crippen LogP contribution in [0.2, 0.25) is 0 Å². The van der Waals surface area contributed by atoms with Crippen molar-refractivity contribution in [2.24, 2.45) is 0 Å². The van der Waals surface area contributed by atoms with E-state index in [0.29, 0.717) is 0 Å². The van der Waals surface area contributed by atoms with Crippen LogP contribution in [-0.2, 0) is 12.8 Å². The summed E-state index contributed by atoms with van der Waals surface area (Å²) in [5, 5.41) is 0. The van der Waals surface area contributed by atoms with Gasteiger partial charge in [0.1, 0.15) is 0 Å². The summed E-state index contributed by atoms with van der Waals surface area (Å²) >= 11 is 1.93. The Kier molecular flexibility index (Phi) is 3.00. The van der Waals surface area contributed by atoms with Crippen molar-refractivity contribution in [3.63, 3.8) is 0 Å². The van der Waals surface area contributed by atoms with Gasteiger partial charge in [0.05, 0.1) is 0 Å². The number of aryl methyl sites for hydroxylation is 1. The first-order chi connectivity index (χ1) is 6.88. The summed E-state index contributed by atoms with van der Waals surface area (Å²) < 4.78 is 0. The quantitative estimate of drug-likeness (QED) is 0.708. The first-order valence-corrected chi connectivity index (χ1v) is 5.81. The number of hydrogen-bond acceptors (Lipinski definition) is 1. The fourth-order valence-electron chi connectivity index (χ4n) is 1.50. The van der Waals surface area contributed by atoms with Crippen molar-refractivity contribution in [1.29, 1.82) is 0 Å². The fourth-order valence-corrected chi connectivity index (χ4v) is 2.50. The Morgan fingerprint density at radius 2 is 1.64 bits per heavy atom. The fraction of sp³-hybridized carbons (Fsp3) is 0.231. The lowest BCUT2D eigenvalue weighted by molar-refractivity contribution is 1.19. The molecule has 0 aliphatic rings. The molecule has 0 saturated carbocycles. The van der Waals surface area contributed by atoms with E-state index in [2.05, 4.69) is 49.4 Å². The van der Waals surface area contributed by atoms with Crippen molar-refractivity contribution >= 4 is 11.3 Å². The minimum absolute atomic E-state index is 1.07. The second kappa shape index (κ2) is 4.43. The highest BCUT2D eigenvalue weighted by Crippen LogP contribution is 2.19. The van der Waals surface area contributed by atoms with Crippen molar-refractivity contribution in [3.8, 4) is 0 Å². The van der Waals surface area contributed by atoms with Gasteiger partial charge in [-0.25, -0.2) is 0 Å². The molecule has 0 radical (unpaired) electrons. The first kappa shape index (κ1) is 9.47. The zero-order chi connectivity index (χ0) is 9.80. The Morgan fingerprint density at radius 1 is 0.929 bits per heavy atom. The van der Waals surface area contributed by atoms with E-state index in [-0.39, 0.29) is 0 Å². The molecule has 72 valence electrons. The van der Waals surface area contributed by atoms with Gasteiger partial charge in [0, 0.05) is 16.2 Å². The predicted octanol–water partition coefficient (Wildman–Crippen LogP) is 3.90. The minimum Gasteiger partial charge on any atom is -0.145 e. The van der Waals surface area contributed by atoms with Crippen LogP contribution in [0.5, 0.6) is 0 Å². The Bertz CT molecular complexity index is 387. The highest BCUT2D eigenvalue weighted by atomic mass is 32.1. The SMILES string of the molecule is CCc1ccc(Cc2ccccc2)s1. The average molecular weight is 202 g/mol. The molecule has 0 aliphatic carbocycles. The molecule has 0 amide bonds. The standard InChI is InChI=1S/C13H14S/c1-2-12-8-9-13(14-12)10-11-6-4-3-5-7-11/h3-9H,2,10H2,1H3. The maximum atomic E-state index is 2.25. The van der Waals surface area contributed by atoms with Crippen LogP contribution in [0.3, 0.4) is 0 Å². The van der Waals surface area contributed by atoms with E-state index in [0.717, 1.165) is 12.8 Å². The molecule has 2 aromatic rings. The average Bonchev–Trinajstić information content (AvgIpc) is 2.67. The van der Waals surface area contributed by atoms with Crippen LogP contribution in [-0.4, -0.2) is 0 Å². The summed E-state index contributed by atoms with van der Waals surface area (Å²) in [7, 11) is 0. The highest BCUT2D eigenvalue weighted by molar-refractivity contribution is 7.12. The molecule has 1 heteroatoms. The van der Waals surface area contributed by atoms with E-state index < -0.39 is 0 Å². The Hall–Kier alpha value is -1.08. The van der Waals surface area contributed by atoms with Crippen molar-refractivity contribution in [3.05, 3.63) is 57.8 Å². The third-order valence-electron chi connectivity index (χ3n) is 2.29. The molecular formula is C13H14S. The Labute approximate surface area is 89.2 Å². The summed E-state index contributed by atoms with van der Waals surface area (Å²) in [6, 6.07) is 15.1. The molecule has 0 N–H and O–H groups in total. The van der Waals surface area contributed by atoms with E-state index >= 15 is 0 Å². The summed E-state index contributed by atoms with van der Waals surface area (Å²) in [5.41, 5.74) is 1.40. The minimum atomic E-state index is 1.07. The van der Waals surface area contributed by atoms with Crippen LogP contribution in [0, 0.1) is 0 Å². The van der Waals surface area contributed by atoms with Crippen LogP contribution in [0.1, 0.15) is 22.2 Å². The van der Waals surface area contributed by atoms with Crippen LogP contribution in [0.25, 0.3) is 0 Å². The molecule has 0 aliphatic heterocycles. The highest BCUT2D eigenvalue weighted by Gasteiger charge is 1.99. The summed E-state index contributed by atoms with van der Waals surface area (Å²) in [5.74, 6) is 0. The van der Waals surface area contributed by atoms with Gasteiger partial charge in [0.2, 0.25) is 0 Å². The molecule has 2 rings (SSSR count). The van der Waals surface area contributed by atoms with Crippen LogP contribution in [0.4, 0.5) is 0 Å². The molecule has 0 atom stereocenters. The lowest BCUT2D eigenvalue weighted by Crippen LogP contribution is -1.81. The smallest absolute Gasteiger partial charge is 0.00919 e.